The summed E-state index contributed by atoms with van der Waals surface area (Å²) >= 11 is 1.13. The van der Waals surface area contributed by atoms with E-state index in [9.17, 15) is 9.59 Å². The normalized spacial score (nSPS) is 15.6. The Morgan fingerprint density at radius 1 is 1.56 bits per heavy atom. The number of nitrogens with zero attached hydrogens (tertiary/aromatic N) is 1. The predicted octanol–water partition coefficient (Wildman–Crippen LogP) is 0.186. The van der Waals surface area contributed by atoms with Gasteiger partial charge in [0.25, 0.3) is 0 Å². The maximum Gasteiger partial charge on any atom is 0.321 e. The van der Waals surface area contributed by atoms with Crippen molar-refractivity contribution in [3.63, 3.8) is 0 Å². The van der Waals surface area contributed by atoms with Crippen molar-refractivity contribution < 1.29 is 14.7 Å². The molecule has 0 aromatic rings. The molecule has 2 atom stereocenters. The molecule has 0 aromatic heterocycles. The van der Waals surface area contributed by atoms with E-state index in [2.05, 4.69) is 11.4 Å². The van der Waals surface area contributed by atoms with Crippen LogP contribution in [0.4, 0.5) is 0 Å². The van der Waals surface area contributed by atoms with E-state index in [4.69, 9.17) is 16.1 Å². The zero-order chi connectivity index (χ0) is 14.3. The molecule has 7 heteroatoms. The molecule has 102 valence electrons. The third-order valence-corrected chi connectivity index (χ3v) is 3.69. The summed E-state index contributed by atoms with van der Waals surface area (Å²) in [5.74, 6) is -1.15. The van der Waals surface area contributed by atoms with E-state index in [1.54, 1.807) is 6.92 Å². The van der Waals surface area contributed by atoms with E-state index in [-0.39, 0.29) is 23.3 Å². The highest BCUT2D eigenvalue weighted by atomic mass is 32.2. The summed E-state index contributed by atoms with van der Waals surface area (Å²) in [6.45, 7) is 5.34. The summed E-state index contributed by atoms with van der Waals surface area (Å²) in [5, 5.41) is 20.2. The minimum Gasteiger partial charge on any atom is -0.480 e. The van der Waals surface area contributed by atoms with E-state index >= 15 is 0 Å². The van der Waals surface area contributed by atoms with Crippen molar-refractivity contribution in [1.29, 1.82) is 5.26 Å². The smallest absolute Gasteiger partial charge is 0.321 e. The molecular formula is C11H19N3O3S. The van der Waals surface area contributed by atoms with Gasteiger partial charge in [-0.15, -0.1) is 11.8 Å². The van der Waals surface area contributed by atoms with Gasteiger partial charge in [-0.2, -0.15) is 5.26 Å². The van der Waals surface area contributed by atoms with Crippen molar-refractivity contribution >= 4 is 23.6 Å². The van der Waals surface area contributed by atoms with Crippen molar-refractivity contribution in [2.24, 2.45) is 11.7 Å². The third kappa shape index (κ3) is 5.38. The summed E-state index contributed by atoms with van der Waals surface area (Å²) in [6.07, 6.45) is 0. The largest absolute Gasteiger partial charge is 0.480 e. The molecule has 0 bridgehead atoms. The highest BCUT2D eigenvalue weighted by Crippen LogP contribution is 2.15. The second-order valence-electron chi connectivity index (χ2n) is 4.48. The van der Waals surface area contributed by atoms with Gasteiger partial charge in [0.2, 0.25) is 5.91 Å². The second-order valence-corrected chi connectivity index (χ2v) is 5.51. The van der Waals surface area contributed by atoms with Gasteiger partial charge in [0.05, 0.1) is 11.8 Å². The van der Waals surface area contributed by atoms with Gasteiger partial charge in [-0.25, -0.2) is 0 Å². The first kappa shape index (κ1) is 16.7. The molecule has 0 aromatic carbocycles. The summed E-state index contributed by atoms with van der Waals surface area (Å²) < 4.78 is 0. The molecule has 0 rings (SSSR count). The number of nitrogens with one attached hydrogen (secondary N) is 1. The number of hydrogen-bond acceptors (Lipinski definition) is 5. The lowest BCUT2D eigenvalue weighted by atomic mass is 9.90. The second kappa shape index (κ2) is 7.24. The third-order valence-electron chi connectivity index (χ3n) is 2.63. The highest BCUT2D eigenvalue weighted by Gasteiger charge is 2.29. The first-order chi connectivity index (χ1) is 8.23. The first-order valence-corrected chi connectivity index (χ1v) is 6.66. The van der Waals surface area contributed by atoms with Crippen molar-refractivity contribution in [3.05, 3.63) is 0 Å². The molecule has 0 saturated heterocycles. The summed E-state index contributed by atoms with van der Waals surface area (Å²) in [4.78, 5) is 22.1. The molecule has 0 radical (unpaired) electrons. The zero-order valence-electron chi connectivity index (χ0n) is 10.8. The molecule has 0 spiro atoms. The topological polar surface area (TPSA) is 116 Å². The molecule has 0 aliphatic rings. The van der Waals surface area contributed by atoms with Crippen molar-refractivity contribution in [2.45, 2.75) is 32.4 Å². The SMILES string of the molecule is CC(C)C(C)(C#N)NC(=O)CSCC(N)C(=O)O. The molecule has 6 nitrogen and oxygen atoms in total. The van der Waals surface area contributed by atoms with E-state index in [0.717, 1.165) is 11.8 Å². The minimum absolute atomic E-state index is 0.0160. The number of amides is 1. The van der Waals surface area contributed by atoms with Crippen molar-refractivity contribution in [3.8, 4) is 6.07 Å². The summed E-state index contributed by atoms with van der Waals surface area (Å²) in [7, 11) is 0. The summed E-state index contributed by atoms with van der Waals surface area (Å²) in [6, 6.07) is 1.09. The number of aliphatic carboxylic acids is 1. The van der Waals surface area contributed by atoms with E-state index in [0.29, 0.717) is 0 Å². The number of carbonyl (C=O) groups is 2. The number of carboxylic acids is 1. The van der Waals surface area contributed by atoms with Crippen LogP contribution >= 0.6 is 11.8 Å². The lowest BCUT2D eigenvalue weighted by Crippen LogP contribution is -2.49. The van der Waals surface area contributed by atoms with Gasteiger partial charge in [0.15, 0.2) is 0 Å². The molecule has 0 heterocycles. The van der Waals surface area contributed by atoms with E-state index in [1.165, 1.54) is 0 Å². The Kier molecular flexibility index (Phi) is 6.73. The first-order valence-electron chi connectivity index (χ1n) is 5.51. The minimum atomic E-state index is -1.09. The Morgan fingerprint density at radius 2 is 2.11 bits per heavy atom. The van der Waals surface area contributed by atoms with Gasteiger partial charge in [0.1, 0.15) is 11.6 Å². The summed E-state index contributed by atoms with van der Waals surface area (Å²) in [5.41, 5.74) is 4.39. The Labute approximate surface area is 111 Å². The quantitative estimate of drug-likeness (QED) is 0.609. The van der Waals surface area contributed by atoms with Crippen LogP contribution in [0, 0.1) is 17.2 Å². The van der Waals surface area contributed by atoms with Crippen LogP contribution in [-0.4, -0.2) is 40.1 Å². The van der Waals surface area contributed by atoms with Gasteiger partial charge in [0, 0.05) is 5.75 Å². The van der Waals surface area contributed by atoms with Crippen LogP contribution < -0.4 is 11.1 Å². The van der Waals surface area contributed by atoms with Gasteiger partial charge >= 0.3 is 5.97 Å². The monoisotopic (exact) mass is 273 g/mol. The van der Waals surface area contributed by atoms with Gasteiger partial charge in [-0.3, -0.25) is 9.59 Å². The molecule has 0 aliphatic carbocycles. The van der Waals surface area contributed by atoms with Crippen LogP contribution in [0.5, 0.6) is 0 Å². The standard InChI is InChI=1S/C11H19N3O3S/c1-7(2)11(3,6-12)14-9(15)5-18-4-8(13)10(16)17/h7-8H,4-5,13H2,1-3H3,(H,14,15)(H,16,17). The Bertz CT molecular complexity index is 354. The number of nitrogens with two attached hydrogens (primary N) is 1. The Morgan fingerprint density at radius 3 is 2.50 bits per heavy atom. The Balaban J connectivity index is 4.14. The molecule has 2 unspecified atom stereocenters. The van der Waals surface area contributed by atoms with Crippen molar-refractivity contribution in [2.75, 3.05) is 11.5 Å². The van der Waals surface area contributed by atoms with Gasteiger partial charge < -0.3 is 16.2 Å². The number of carbonyl (C=O) groups excluding carboxylic acids is 1. The molecule has 0 saturated carbocycles. The fraction of sp³-hybridized carbons (Fsp3) is 0.727. The predicted molar refractivity (Wildman–Crippen MR) is 69.9 cm³/mol. The number of hydrogen-bond donors (Lipinski definition) is 3. The number of rotatable bonds is 7. The molecule has 0 aliphatic heterocycles. The van der Waals surface area contributed by atoms with Crippen LogP contribution in [0.15, 0.2) is 0 Å². The van der Waals surface area contributed by atoms with Crippen LogP contribution in [0.3, 0.4) is 0 Å². The number of nitriles is 1. The zero-order valence-corrected chi connectivity index (χ0v) is 11.6. The average Bonchev–Trinajstić information content (AvgIpc) is 2.28. The van der Waals surface area contributed by atoms with Crippen molar-refractivity contribution in [1.82, 2.24) is 5.32 Å². The molecule has 0 fully saturated rings. The van der Waals surface area contributed by atoms with E-state index in [1.807, 2.05) is 13.8 Å². The van der Waals surface area contributed by atoms with Crippen LogP contribution in [0.1, 0.15) is 20.8 Å². The fourth-order valence-electron chi connectivity index (χ4n) is 0.977. The number of thioether (sulfide) groups is 1. The maximum absolute atomic E-state index is 11.6. The maximum atomic E-state index is 11.6. The van der Waals surface area contributed by atoms with E-state index < -0.39 is 17.6 Å². The Hall–Kier alpha value is -1.26. The molecular weight excluding hydrogens is 254 g/mol. The highest BCUT2D eigenvalue weighted by molar-refractivity contribution is 8.00. The lowest BCUT2D eigenvalue weighted by Gasteiger charge is -2.27. The van der Waals surface area contributed by atoms with Crippen LogP contribution in [0.25, 0.3) is 0 Å². The fourth-order valence-corrected chi connectivity index (χ4v) is 1.75. The molecule has 1 amide bonds. The molecule has 18 heavy (non-hydrogen) atoms. The number of carboxylic acid groups (broad SMARTS) is 1. The lowest BCUT2D eigenvalue weighted by molar-refractivity contribution is -0.138. The molecule has 4 N–H and O–H groups in total. The van der Waals surface area contributed by atoms with Crippen LogP contribution in [0.2, 0.25) is 0 Å². The average molecular weight is 273 g/mol. The van der Waals surface area contributed by atoms with Crippen LogP contribution in [-0.2, 0) is 9.59 Å². The van der Waals surface area contributed by atoms with Gasteiger partial charge in [-0.1, -0.05) is 13.8 Å². The van der Waals surface area contributed by atoms with Gasteiger partial charge in [-0.05, 0) is 12.8 Å².